The average molecular weight is 614 g/mol. The summed E-state index contributed by atoms with van der Waals surface area (Å²) >= 11 is 0. The Morgan fingerprint density at radius 1 is 1.02 bits per heavy atom. The van der Waals surface area contributed by atoms with Crippen LogP contribution >= 0.6 is 0 Å². The summed E-state index contributed by atoms with van der Waals surface area (Å²) in [4.78, 5) is 49.2. The molecular formula is C34H36FN5O5. The number of carbonyl (C=O) groups is 2. The van der Waals surface area contributed by atoms with Crippen LogP contribution in [0.25, 0.3) is 22.3 Å². The Bertz CT molecular complexity index is 1930. The van der Waals surface area contributed by atoms with Crippen molar-refractivity contribution in [2.24, 2.45) is 20.0 Å². The molecular weight excluding hydrogens is 577 g/mol. The van der Waals surface area contributed by atoms with Crippen molar-refractivity contribution in [3.05, 3.63) is 97.6 Å². The molecule has 1 aliphatic carbocycles. The van der Waals surface area contributed by atoms with Crippen LogP contribution in [0.1, 0.15) is 46.4 Å². The van der Waals surface area contributed by atoms with Crippen LogP contribution in [0.5, 0.6) is 5.75 Å². The number of nitrogens with zero attached hydrogens (tertiary/aromatic N) is 3. The fourth-order valence-corrected chi connectivity index (χ4v) is 5.91. The first-order valence-corrected chi connectivity index (χ1v) is 14.7. The zero-order valence-corrected chi connectivity index (χ0v) is 26.0. The Kier molecular flexibility index (Phi) is 9.10. The minimum Gasteiger partial charge on any atom is -0.496 e. The third-order valence-electron chi connectivity index (χ3n) is 8.51. The molecule has 0 radical (unpaired) electrons. The van der Waals surface area contributed by atoms with Crippen LogP contribution in [0, 0.1) is 25.6 Å². The number of aromatic nitrogens is 3. The Balaban J connectivity index is 1.42. The van der Waals surface area contributed by atoms with Gasteiger partial charge in [0.2, 0.25) is 5.69 Å². The third-order valence-corrected chi connectivity index (χ3v) is 8.51. The lowest BCUT2D eigenvalue weighted by atomic mass is 9.90. The molecule has 1 atom stereocenters. The van der Waals surface area contributed by atoms with E-state index < -0.39 is 22.9 Å². The molecule has 11 heteroatoms. The normalized spacial score (nSPS) is 14.5. The van der Waals surface area contributed by atoms with Crippen molar-refractivity contribution in [1.29, 1.82) is 0 Å². The van der Waals surface area contributed by atoms with Gasteiger partial charge in [0, 0.05) is 44.7 Å². The van der Waals surface area contributed by atoms with E-state index >= 15 is 4.39 Å². The Morgan fingerprint density at radius 2 is 1.71 bits per heavy atom. The summed E-state index contributed by atoms with van der Waals surface area (Å²) in [5, 5.41) is 9.92. The van der Waals surface area contributed by atoms with Gasteiger partial charge in [-0.15, -0.1) is 0 Å². The van der Waals surface area contributed by atoms with Gasteiger partial charge in [0.1, 0.15) is 17.3 Å². The molecule has 10 nitrogen and oxygen atoms in total. The van der Waals surface area contributed by atoms with E-state index in [-0.39, 0.29) is 24.1 Å². The highest BCUT2D eigenvalue weighted by Crippen LogP contribution is 2.37. The molecule has 1 amide bonds. The van der Waals surface area contributed by atoms with Gasteiger partial charge < -0.3 is 15.4 Å². The summed E-state index contributed by atoms with van der Waals surface area (Å²) in [5.41, 5.74) is 3.94. The molecule has 0 unspecified atom stereocenters. The third kappa shape index (κ3) is 6.34. The number of aryl methyl sites for hydroxylation is 1. The van der Waals surface area contributed by atoms with Crippen LogP contribution < -0.4 is 26.6 Å². The second kappa shape index (κ2) is 13.0. The second-order valence-corrected chi connectivity index (χ2v) is 11.4. The lowest BCUT2D eigenvalue weighted by Crippen LogP contribution is -2.43. The highest BCUT2D eigenvalue weighted by Gasteiger charge is 2.23. The van der Waals surface area contributed by atoms with Gasteiger partial charge >= 0.3 is 5.69 Å². The van der Waals surface area contributed by atoms with Gasteiger partial charge in [-0.1, -0.05) is 30.3 Å². The maximum atomic E-state index is 15.5. The van der Waals surface area contributed by atoms with Crippen LogP contribution in [0.3, 0.4) is 0 Å². The lowest BCUT2D eigenvalue weighted by molar-refractivity contribution is -0.117. The van der Waals surface area contributed by atoms with Gasteiger partial charge in [0.05, 0.1) is 7.11 Å². The van der Waals surface area contributed by atoms with Crippen LogP contribution in [0.15, 0.2) is 58.1 Å². The van der Waals surface area contributed by atoms with E-state index in [0.29, 0.717) is 42.0 Å². The fraction of sp³-hybridized carbons (Fsp3) is 0.324. The molecule has 0 bridgehead atoms. The largest absolute Gasteiger partial charge is 0.496 e. The molecule has 4 aromatic rings. The number of hydrogen-bond acceptors (Lipinski definition) is 7. The summed E-state index contributed by atoms with van der Waals surface area (Å²) in [6.45, 7) is 4.75. The molecule has 234 valence electrons. The molecule has 1 fully saturated rings. The first-order valence-electron chi connectivity index (χ1n) is 14.7. The van der Waals surface area contributed by atoms with Crippen molar-refractivity contribution < 1.29 is 18.7 Å². The number of rotatable bonds is 9. The maximum absolute atomic E-state index is 15.5. The van der Waals surface area contributed by atoms with Crippen molar-refractivity contribution in [3.8, 4) is 28.0 Å². The molecule has 1 aliphatic rings. The van der Waals surface area contributed by atoms with E-state index in [1.807, 2.05) is 44.2 Å². The molecule has 45 heavy (non-hydrogen) atoms. The number of halogens is 1. The minimum absolute atomic E-state index is 0.282. The minimum atomic E-state index is -0.789. The van der Waals surface area contributed by atoms with Crippen molar-refractivity contribution in [3.63, 3.8) is 0 Å². The van der Waals surface area contributed by atoms with Crippen LogP contribution in [-0.2, 0) is 25.4 Å². The van der Waals surface area contributed by atoms with Gasteiger partial charge in [-0.25, -0.2) is 13.9 Å². The molecule has 2 N–H and O–H groups in total. The lowest BCUT2D eigenvalue weighted by Gasteiger charge is -2.18. The number of hydrogen-bond donors (Lipinski definition) is 2. The Labute approximate surface area is 259 Å². The summed E-state index contributed by atoms with van der Waals surface area (Å²) in [6.07, 6.45) is 2.05. The first kappa shape index (κ1) is 31.5. The molecule has 0 saturated heterocycles. The highest BCUT2D eigenvalue weighted by atomic mass is 19.1. The van der Waals surface area contributed by atoms with Gasteiger partial charge in [-0.05, 0) is 84.3 Å². The van der Waals surface area contributed by atoms with E-state index in [9.17, 15) is 19.2 Å². The summed E-state index contributed by atoms with van der Waals surface area (Å²) in [5.74, 6) is -0.119. The van der Waals surface area contributed by atoms with Crippen molar-refractivity contribution in [2.45, 2.75) is 39.7 Å². The summed E-state index contributed by atoms with van der Waals surface area (Å²) < 4.78 is 22.9. The van der Waals surface area contributed by atoms with E-state index in [1.165, 1.54) is 27.3 Å². The first-order chi connectivity index (χ1) is 21.5. The summed E-state index contributed by atoms with van der Waals surface area (Å²) in [6, 6.07) is 14.5. The second-order valence-electron chi connectivity index (χ2n) is 11.4. The average Bonchev–Trinajstić information content (AvgIpc) is 3.44. The Hall–Kier alpha value is -4.90. The van der Waals surface area contributed by atoms with Gasteiger partial charge in [0.25, 0.3) is 11.5 Å². The molecule has 3 aromatic carbocycles. The molecule has 0 aliphatic heterocycles. The van der Waals surface area contributed by atoms with Gasteiger partial charge in [-0.2, -0.15) is 5.10 Å². The number of amides is 1. The molecule has 1 saturated carbocycles. The Morgan fingerprint density at radius 3 is 2.40 bits per heavy atom. The monoisotopic (exact) mass is 613 g/mol. The number of ether oxygens (including phenoxy) is 1. The molecule has 1 heterocycles. The topological polar surface area (TPSA) is 124 Å². The van der Waals surface area contributed by atoms with Gasteiger partial charge in [0.15, 0.2) is 0 Å². The number of carbonyl (C=O) groups excluding carboxylic acids is 2. The number of nitrogens with one attached hydrogen (secondary N) is 2. The quantitative estimate of drug-likeness (QED) is 0.289. The molecule has 0 spiro atoms. The van der Waals surface area contributed by atoms with E-state index in [4.69, 9.17) is 4.74 Å². The fourth-order valence-electron chi connectivity index (χ4n) is 5.91. The molecule has 5 rings (SSSR count). The summed E-state index contributed by atoms with van der Waals surface area (Å²) in [7, 11) is 4.18. The smallest absolute Gasteiger partial charge is 0.346 e. The van der Waals surface area contributed by atoms with Crippen LogP contribution in [0.2, 0.25) is 0 Å². The maximum Gasteiger partial charge on any atom is 0.346 e. The molecule has 1 aromatic heterocycles. The number of methoxy groups -OCH3 is 1. The predicted octanol–water partition coefficient (Wildman–Crippen LogP) is 4.29. The SMILES string of the molecule is COc1cc(-c2cccc(-c3cccc(NC(=O)c4nn(C)c(=O)n(C)c4=O)c3C)c2C)cc(F)c1CNC[C@@H]1CCC(=O)C1. The predicted molar refractivity (Wildman–Crippen MR) is 170 cm³/mol. The zero-order valence-electron chi connectivity index (χ0n) is 26.0. The van der Waals surface area contributed by atoms with E-state index in [0.717, 1.165) is 43.5 Å². The van der Waals surface area contributed by atoms with Crippen molar-refractivity contribution in [2.75, 3.05) is 19.0 Å². The standard InChI is InChI=1S/C34H36FN5O5/c1-19-24(22-15-28(35)27(30(16-22)45-5)18-36-17-21-12-13-23(41)14-21)8-6-9-25(19)26-10-7-11-29(20(26)2)37-32(42)31-33(43)39(3)34(44)40(4)38-31/h6-11,15-16,21,36H,12-14,17-18H2,1-5H3,(H,37,42)/t21-/m1/s1. The number of Topliss-reactive ketones (excluding diaryl/α,β-unsaturated/α-hetero) is 1. The number of ketones is 1. The van der Waals surface area contributed by atoms with Crippen LogP contribution in [0.4, 0.5) is 10.1 Å². The van der Waals surface area contributed by atoms with Crippen molar-refractivity contribution >= 4 is 17.4 Å². The highest BCUT2D eigenvalue weighted by molar-refractivity contribution is 6.03. The van der Waals surface area contributed by atoms with E-state index in [2.05, 4.69) is 15.7 Å². The van der Waals surface area contributed by atoms with Gasteiger partial charge in [-0.3, -0.25) is 19.0 Å². The van der Waals surface area contributed by atoms with Crippen molar-refractivity contribution in [1.82, 2.24) is 19.7 Å². The number of benzene rings is 3. The zero-order chi connectivity index (χ0) is 32.4. The van der Waals surface area contributed by atoms with Crippen LogP contribution in [-0.4, -0.2) is 39.7 Å². The number of anilines is 1. The van der Waals surface area contributed by atoms with E-state index in [1.54, 1.807) is 12.1 Å².